The van der Waals surface area contributed by atoms with Crippen molar-refractivity contribution in [3.8, 4) is 5.75 Å². The molecule has 1 heterocycles. The van der Waals surface area contributed by atoms with Gasteiger partial charge >= 0.3 is 0 Å². The Balaban J connectivity index is 2.56. The summed E-state index contributed by atoms with van der Waals surface area (Å²) in [4.78, 5) is 0.0838. The number of hydrogen-bond donors (Lipinski definition) is 1. The molecule has 0 aliphatic carbocycles. The van der Waals surface area contributed by atoms with Crippen molar-refractivity contribution < 1.29 is 13.2 Å². The monoisotopic (exact) mass is 241 g/mol. The normalized spacial score (nSPS) is 18.7. The highest BCUT2D eigenvalue weighted by molar-refractivity contribution is 7.89. The van der Waals surface area contributed by atoms with E-state index in [1.165, 1.54) is 6.07 Å². The molecule has 0 amide bonds. The second-order valence-electron chi connectivity index (χ2n) is 4.92. The first-order valence-corrected chi connectivity index (χ1v) is 6.62. The van der Waals surface area contributed by atoms with Crippen LogP contribution in [0.25, 0.3) is 0 Å². The fraction of sp³-hybridized carbons (Fsp3) is 0.455. The topological polar surface area (TPSA) is 69.4 Å². The van der Waals surface area contributed by atoms with Gasteiger partial charge in [0, 0.05) is 5.41 Å². The van der Waals surface area contributed by atoms with Crippen LogP contribution in [0.3, 0.4) is 0 Å². The van der Waals surface area contributed by atoms with Gasteiger partial charge in [-0.05, 0) is 18.1 Å². The van der Waals surface area contributed by atoms with Crippen LogP contribution in [0.5, 0.6) is 5.75 Å². The van der Waals surface area contributed by atoms with Gasteiger partial charge in [0.25, 0.3) is 0 Å². The molecule has 16 heavy (non-hydrogen) atoms. The van der Waals surface area contributed by atoms with E-state index in [1.807, 2.05) is 6.07 Å². The number of hydrogen-bond acceptors (Lipinski definition) is 3. The van der Waals surface area contributed by atoms with Gasteiger partial charge in [0.1, 0.15) is 10.6 Å². The maximum atomic E-state index is 11.4. The van der Waals surface area contributed by atoms with Crippen LogP contribution in [0.4, 0.5) is 0 Å². The van der Waals surface area contributed by atoms with Gasteiger partial charge < -0.3 is 4.74 Å². The molecule has 2 N–H and O–H groups in total. The summed E-state index contributed by atoms with van der Waals surface area (Å²) in [5.74, 6) is 0.421. The van der Waals surface area contributed by atoms with Gasteiger partial charge in [0.2, 0.25) is 10.0 Å². The van der Waals surface area contributed by atoms with Gasteiger partial charge in [-0.25, -0.2) is 13.6 Å². The number of fused-ring (bicyclic) bond motifs is 1. The molecule has 1 aliphatic rings. The summed E-state index contributed by atoms with van der Waals surface area (Å²) in [6, 6.07) is 5.06. The van der Waals surface area contributed by atoms with Crippen molar-refractivity contribution in [2.24, 2.45) is 10.6 Å². The number of benzene rings is 1. The largest absolute Gasteiger partial charge is 0.491 e. The fourth-order valence-electron chi connectivity index (χ4n) is 1.92. The molecule has 1 aromatic carbocycles. The quantitative estimate of drug-likeness (QED) is 0.805. The lowest BCUT2D eigenvalue weighted by molar-refractivity contribution is 0.150. The highest BCUT2D eigenvalue weighted by Gasteiger charge is 2.30. The predicted octanol–water partition coefficient (Wildman–Crippen LogP) is 1.30. The molecule has 88 valence electrons. The first kappa shape index (κ1) is 11.4. The van der Waals surface area contributed by atoms with E-state index >= 15 is 0 Å². The molecule has 0 saturated carbocycles. The van der Waals surface area contributed by atoms with E-state index in [0.29, 0.717) is 12.4 Å². The second-order valence-corrected chi connectivity index (χ2v) is 6.45. The minimum absolute atomic E-state index is 0.0317. The first-order chi connectivity index (χ1) is 7.30. The minimum atomic E-state index is -3.71. The number of rotatable bonds is 1. The highest BCUT2D eigenvalue weighted by atomic mass is 32.2. The van der Waals surface area contributed by atoms with Crippen LogP contribution in [0, 0.1) is 5.41 Å². The van der Waals surface area contributed by atoms with Crippen molar-refractivity contribution in [2.75, 3.05) is 6.61 Å². The zero-order valence-corrected chi connectivity index (χ0v) is 10.2. The Morgan fingerprint density at radius 2 is 2.06 bits per heavy atom. The van der Waals surface area contributed by atoms with E-state index in [0.717, 1.165) is 12.0 Å². The Labute approximate surface area is 95.5 Å². The number of nitrogens with two attached hydrogens (primary N) is 1. The Morgan fingerprint density at radius 3 is 2.69 bits per heavy atom. The van der Waals surface area contributed by atoms with Crippen LogP contribution in [0.2, 0.25) is 0 Å². The highest BCUT2D eigenvalue weighted by Crippen LogP contribution is 2.37. The summed E-state index contributed by atoms with van der Waals surface area (Å²) < 4.78 is 28.3. The molecule has 0 saturated heterocycles. The summed E-state index contributed by atoms with van der Waals surface area (Å²) in [5.41, 5.74) is 0.937. The van der Waals surface area contributed by atoms with Gasteiger partial charge in [0.05, 0.1) is 6.61 Å². The van der Waals surface area contributed by atoms with Crippen molar-refractivity contribution in [3.05, 3.63) is 23.8 Å². The smallest absolute Gasteiger partial charge is 0.241 e. The maximum absolute atomic E-state index is 11.4. The van der Waals surface area contributed by atoms with Crippen molar-refractivity contribution in [2.45, 2.75) is 25.2 Å². The van der Waals surface area contributed by atoms with Crippen molar-refractivity contribution in [1.82, 2.24) is 0 Å². The van der Waals surface area contributed by atoms with E-state index in [4.69, 9.17) is 9.88 Å². The minimum Gasteiger partial charge on any atom is -0.491 e. The zero-order valence-electron chi connectivity index (χ0n) is 9.36. The summed E-state index contributed by atoms with van der Waals surface area (Å²) in [6.07, 6.45) is 0.797. The lowest BCUT2D eigenvalue weighted by Crippen LogP contribution is -2.30. The fourth-order valence-corrected chi connectivity index (χ4v) is 2.64. The molecule has 5 heteroatoms. The average Bonchev–Trinajstić information content (AvgIpc) is 2.13. The molecular weight excluding hydrogens is 226 g/mol. The number of sulfonamides is 1. The second kappa shape index (κ2) is 3.46. The number of para-hydroxylation sites is 1. The molecule has 4 nitrogen and oxygen atoms in total. The Kier molecular flexibility index (Phi) is 2.47. The van der Waals surface area contributed by atoms with Crippen molar-refractivity contribution >= 4 is 10.0 Å². The summed E-state index contributed by atoms with van der Waals surface area (Å²) >= 11 is 0. The summed E-state index contributed by atoms with van der Waals surface area (Å²) in [7, 11) is -3.71. The Hall–Kier alpha value is -1.07. The lowest BCUT2D eigenvalue weighted by atomic mass is 9.84. The summed E-state index contributed by atoms with van der Waals surface area (Å²) in [5, 5.41) is 5.14. The van der Waals surface area contributed by atoms with E-state index in [1.54, 1.807) is 6.07 Å². The molecule has 2 rings (SSSR count). The third kappa shape index (κ3) is 2.05. The first-order valence-electron chi connectivity index (χ1n) is 5.07. The molecule has 1 aromatic rings. The van der Waals surface area contributed by atoms with Crippen LogP contribution < -0.4 is 9.88 Å². The van der Waals surface area contributed by atoms with E-state index in [2.05, 4.69) is 13.8 Å². The van der Waals surface area contributed by atoms with Gasteiger partial charge in [-0.2, -0.15) is 0 Å². The molecule has 0 radical (unpaired) electrons. The number of ether oxygens (including phenoxy) is 1. The molecule has 0 fully saturated rings. The average molecular weight is 241 g/mol. The van der Waals surface area contributed by atoms with Gasteiger partial charge in [0.15, 0.2) is 0 Å². The van der Waals surface area contributed by atoms with Crippen molar-refractivity contribution in [3.63, 3.8) is 0 Å². The Morgan fingerprint density at radius 1 is 1.38 bits per heavy atom. The Bertz CT molecular complexity index is 520. The predicted molar refractivity (Wildman–Crippen MR) is 60.8 cm³/mol. The van der Waals surface area contributed by atoms with Gasteiger partial charge in [-0.15, -0.1) is 0 Å². The molecule has 0 aromatic heterocycles. The van der Waals surface area contributed by atoms with Crippen LogP contribution in [0.1, 0.15) is 19.4 Å². The molecule has 0 unspecified atom stereocenters. The molecule has 0 bridgehead atoms. The third-order valence-corrected chi connectivity index (χ3v) is 3.58. The molecule has 0 atom stereocenters. The van der Waals surface area contributed by atoms with Gasteiger partial charge in [-0.3, -0.25) is 0 Å². The SMILES string of the molecule is CC1(C)COc2c(cccc2S(N)(=O)=O)C1. The van der Waals surface area contributed by atoms with Gasteiger partial charge in [-0.1, -0.05) is 26.0 Å². The lowest BCUT2D eigenvalue weighted by Gasteiger charge is -2.32. The standard InChI is InChI=1S/C11H15NO3S/c1-11(2)6-8-4-3-5-9(16(12,13)14)10(8)15-7-11/h3-5H,6-7H2,1-2H3,(H2,12,13,14). The zero-order chi connectivity index (χ0) is 12.0. The van der Waals surface area contributed by atoms with Crippen molar-refractivity contribution in [1.29, 1.82) is 0 Å². The third-order valence-electron chi connectivity index (χ3n) is 2.64. The van der Waals surface area contributed by atoms with Crippen LogP contribution in [0.15, 0.2) is 23.1 Å². The molecule has 1 aliphatic heterocycles. The maximum Gasteiger partial charge on any atom is 0.241 e. The van der Waals surface area contributed by atoms with Crippen LogP contribution >= 0.6 is 0 Å². The van der Waals surface area contributed by atoms with E-state index < -0.39 is 10.0 Å². The van der Waals surface area contributed by atoms with Crippen LogP contribution in [-0.4, -0.2) is 15.0 Å². The van der Waals surface area contributed by atoms with E-state index in [9.17, 15) is 8.42 Å². The molecule has 0 spiro atoms. The van der Waals surface area contributed by atoms with E-state index in [-0.39, 0.29) is 10.3 Å². The van der Waals surface area contributed by atoms with Crippen LogP contribution in [-0.2, 0) is 16.4 Å². The number of primary sulfonamides is 1. The molecular formula is C11H15NO3S. The summed E-state index contributed by atoms with van der Waals surface area (Å²) in [6.45, 7) is 4.67.